The van der Waals surface area contributed by atoms with Gasteiger partial charge in [0, 0.05) is 18.1 Å². The normalized spacial score (nSPS) is 27.6. The lowest BCUT2D eigenvalue weighted by Gasteiger charge is -2.40. The SMILES string of the molecule is CCCC1CCCCN1CC(C)(N)CC. The molecule has 1 heterocycles. The topological polar surface area (TPSA) is 29.3 Å². The lowest BCUT2D eigenvalue weighted by atomic mass is 9.93. The fourth-order valence-corrected chi connectivity index (χ4v) is 2.50. The fraction of sp³-hybridized carbons (Fsp3) is 1.00. The monoisotopic (exact) mass is 212 g/mol. The molecule has 1 fully saturated rings. The molecule has 15 heavy (non-hydrogen) atoms. The van der Waals surface area contributed by atoms with Crippen LogP contribution < -0.4 is 5.73 Å². The minimum atomic E-state index is 0.00330. The molecule has 1 aliphatic rings. The minimum Gasteiger partial charge on any atom is -0.324 e. The Morgan fingerprint density at radius 3 is 2.67 bits per heavy atom. The Balaban J connectivity index is 2.48. The van der Waals surface area contributed by atoms with Crippen LogP contribution in [0.2, 0.25) is 0 Å². The first-order valence-electron chi connectivity index (χ1n) is 6.62. The van der Waals surface area contributed by atoms with Crippen molar-refractivity contribution in [2.75, 3.05) is 13.1 Å². The largest absolute Gasteiger partial charge is 0.324 e. The van der Waals surface area contributed by atoms with Crippen LogP contribution in [0.1, 0.15) is 59.3 Å². The van der Waals surface area contributed by atoms with E-state index in [4.69, 9.17) is 5.73 Å². The van der Waals surface area contributed by atoms with Gasteiger partial charge in [0.05, 0.1) is 0 Å². The Labute approximate surface area is 95.2 Å². The first-order chi connectivity index (χ1) is 7.09. The highest BCUT2D eigenvalue weighted by Crippen LogP contribution is 2.22. The molecule has 0 radical (unpaired) electrons. The van der Waals surface area contributed by atoms with Crippen molar-refractivity contribution in [3.8, 4) is 0 Å². The van der Waals surface area contributed by atoms with Gasteiger partial charge in [-0.2, -0.15) is 0 Å². The Morgan fingerprint density at radius 2 is 2.07 bits per heavy atom. The van der Waals surface area contributed by atoms with Crippen LogP contribution in [0, 0.1) is 0 Å². The highest BCUT2D eigenvalue weighted by molar-refractivity contribution is 4.86. The van der Waals surface area contributed by atoms with Gasteiger partial charge in [0.15, 0.2) is 0 Å². The van der Waals surface area contributed by atoms with E-state index in [2.05, 4.69) is 25.7 Å². The van der Waals surface area contributed by atoms with Crippen molar-refractivity contribution < 1.29 is 0 Å². The van der Waals surface area contributed by atoms with Crippen LogP contribution >= 0.6 is 0 Å². The summed E-state index contributed by atoms with van der Waals surface area (Å²) in [6.45, 7) is 9.00. The van der Waals surface area contributed by atoms with Gasteiger partial charge < -0.3 is 5.73 Å². The van der Waals surface area contributed by atoms with Crippen molar-refractivity contribution in [3.05, 3.63) is 0 Å². The van der Waals surface area contributed by atoms with Crippen LogP contribution in [0.25, 0.3) is 0 Å². The molecule has 2 nitrogen and oxygen atoms in total. The molecule has 2 unspecified atom stereocenters. The second kappa shape index (κ2) is 5.86. The fourth-order valence-electron chi connectivity index (χ4n) is 2.50. The van der Waals surface area contributed by atoms with E-state index in [1.165, 1.54) is 38.6 Å². The van der Waals surface area contributed by atoms with Crippen LogP contribution in [-0.2, 0) is 0 Å². The summed E-state index contributed by atoms with van der Waals surface area (Å²) in [6.07, 6.45) is 7.87. The van der Waals surface area contributed by atoms with Gasteiger partial charge in [0.1, 0.15) is 0 Å². The molecule has 2 atom stereocenters. The molecule has 0 aromatic carbocycles. The Morgan fingerprint density at radius 1 is 1.33 bits per heavy atom. The van der Waals surface area contributed by atoms with Crippen LogP contribution in [0.5, 0.6) is 0 Å². The highest BCUT2D eigenvalue weighted by atomic mass is 15.2. The summed E-state index contributed by atoms with van der Waals surface area (Å²) in [5.74, 6) is 0. The number of piperidine rings is 1. The van der Waals surface area contributed by atoms with E-state index in [0.29, 0.717) is 0 Å². The average molecular weight is 212 g/mol. The Kier molecular flexibility index (Phi) is 5.07. The lowest BCUT2D eigenvalue weighted by Crippen LogP contribution is -2.52. The predicted molar refractivity (Wildman–Crippen MR) is 67.0 cm³/mol. The highest BCUT2D eigenvalue weighted by Gasteiger charge is 2.27. The van der Waals surface area contributed by atoms with E-state index in [1.807, 2.05) is 0 Å². The summed E-state index contributed by atoms with van der Waals surface area (Å²) < 4.78 is 0. The third-order valence-corrected chi connectivity index (χ3v) is 3.74. The molecule has 0 aliphatic carbocycles. The maximum absolute atomic E-state index is 6.26. The van der Waals surface area contributed by atoms with E-state index in [0.717, 1.165) is 19.0 Å². The van der Waals surface area contributed by atoms with Gasteiger partial charge in [-0.1, -0.05) is 26.7 Å². The molecule has 1 saturated heterocycles. The third kappa shape index (κ3) is 4.12. The quantitative estimate of drug-likeness (QED) is 0.759. The summed E-state index contributed by atoms with van der Waals surface area (Å²) in [5, 5.41) is 0. The maximum Gasteiger partial charge on any atom is 0.0252 e. The molecule has 1 aliphatic heterocycles. The van der Waals surface area contributed by atoms with Crippen LogP contribution in [-0.4, -0.2) is 29.6 Å². The summed E-state index contributed by atoms with van der Waals surface area (Å²) >= 11 is 0. The molecule has 0 spiro atoms. The van der Waals surface area contributed by atoms with E-state index in [9.17, 15) is 0 Å². The molecular formula is C13H28N2. The summed E-state index contributed by atoms with van der Waals surface area (Å²) in [6, 6.07) is 0.804. The van der Waals surface area contributed by atoms with Crippen LogP contribution in [0.15, 0.2) is 0 Å². The zero-order valence-corrected chi connectivity index (χ0v) is 10.8. The minimum absolute atomic E-state index is 0.00330. The van der Waals surface area contributed by atoms with Crippen molar-refractivity contribution in [2.24, 2.45) is 5.73 Å². The molecule has 2 heteroatoms. The summed E-state index contributed by atoms with van der Waals surface area (Å²) in [5.41, 5.74) is 6.27. The van der Waals surface area contributed by atoms with Crippen molar-refractivity contribution in [3.63, 3.8) is 0 Å². The lowest BCUT2D eigenvalue weighted by molar-refractivity contribution is 0.110. The second-order valence-electron chi connectivity index (χ2n) is 5.42. The summed E-state index contributed by atoms with van der Waals surface area (Å²) in [7, 11) is 0. The van der Waals surface area contributed by atoms with Crippen LogP contribution in [0.4, 0.5) is 0 Å². The molecule has 0 bridgehead atoms. The van der Waals surface area contributed by atoms with E-state index in [1.54, 1.807) is 0 Å². The molecule has 0 aromatic heterocycles. The zero-order valence-electron chi connectivity index (χ0n) is 10.8. The number of rotatable bonds is 5. The number of nitrogens with zero attached hydrogens (tertiary/aromatic N) is 1. The number of hydrogen-bond acceptors (Lipinski definition) is 2. The van der Waals surface area contributed by atoms with Gasteiger partial charge in [-0.3, -0.25) is 4.90 Å². The van der Waals surface area contributed by atoms with Gasteiger partial charge in [0.2, 0.25) is 0 Å². The smallest absolute Gasteiger partial charge is 0.0252 e. The average Bonchev–Trinajstić information content (AvgIpc) is 2.21. The molecular weight excluding hydrogens is 184 g/mol. The predicted octanol–water partition coefficient (Wildman–Crippen LogP) is 2.77. The number of likely N-dealkylation sites (tertiary alicyclic amines) is 1. The first kappa shape index (κ1) is 13.0. The standard InChI is InChI=1S/C13H28N2/c1-4-8-12-9-6-7-10-15(12)11-13(3,14)5-2/h12H,4-11,14H2,1-3H3. The van der Waals surface area contributed by atoms with E-state index in [-0.39, 0.29) is 5.54 Å². The molecule has 1 rings (SSSR count). The van der Waals surface area contributed by atoms with Gasteiger partial charge in [-0.05, 0) is 39.2 Å². The van der Waals surface area contributed by atoms with Crippen molar-refractivity contribution in [2.45, 2.75) is 70.9 Å². The Bertz CT molecular complexity index is 175. The van der Waals surface area contributed by atoms with Crippen molar-refractivity contribution in [1.82, 2.24) is 4.90 Å². The second-order valence-corrected chi connectivity index (χ2v) is 5.42. The molecule has 90 valence electrons. The van der Waals surface area contributed by atoms with E-state index < -0.39 is 0 Å². The van der Waals surface area contributed by atoms with Gasteiger partial charge in [-0.25, -0.2) is 0 Å². The molecule has 0 aromatic rings. The molecule has 0 saturated carbocycles. The zero-order chi connectivity index (χ0) is 11.3. The number of hydrogen-bond donors (Lipinski definition) is 1. The van der Waals surface area contributed by atoms with Gasteiger partial charge >= 0.3 is 0 Å². The molecule has 0 amide bonds. The molecule has 2 N–H and O–H groups in total. The number of nitrogens with two attached hydrogens (primary N) is 1. The third-order valence-electron chi connectivity index (χ3n) is 3.74. The van der Waals surface area contributed by atoms with E-state index >= 15 is 0 Å². The van der Waals surface area contributed by atoms with Crippen LogP contribution in [0.3, 0.4) is 0 Å². The Hall–Kier alpha value is -0.0800. The van der Waals surface area contributed by atoms with Crippen molar-refractivity contribution >= 4 is 0 Å². The van der Waals surface area contributed by atoms with Gasteiger partial charge in [-0.15, -0.1) is 0 Å². The van der Waals surface area contributed by atoms with Gasteiger partial charge in [0.25, 0.3) is 0 Å². The maximum atomic E-state index is 6.26. The summed E-state index contributed by atoms with van der Waals surface area (Å²) in [4.78, 5) is 2.64. The first-order valence-corrected chi connectivity index (χ1v) is 6.62. The van der Waals surface area contributed by atoms with Crippen molar-refractivity contribution in [1.29, 1.82) is 0 Å².